The molecule has 0 N–H and O–H groups in total. The lowest BCUT2D eigenvalue weighted by Crippen LogP contribution is -2.73. The Hall–Kier alpha value is -4.15. The second-order valence-corrected chi connectivity index (χ2v) is 13.2. The summed E-state index contributed by atoms with van der Waals surface area (Å²) in [6.07, 6.45) is 9.82. The minimum atomic E-state index is -0.619. The minimum absolute atomic E-state index is 0.0152. The zero-order valence-corrected chi connectivity index (χ0v) is 28.0. The predicted molar refractivity (Wildman–Crippen MR) is 182 cm³/mol. The van der Waals surface area contributed by atoms with Crippen LogP contribution < -0.4 is 0 Å². The summed E-state index contributed by atoms with van der Waals surface area (Å²) in [6, 6.07) is 19.9. The first-order chi connectivity index (χ1) is 23.4. The Labute approximate surface area is 282 Å². The summed E-state index contributed by atoms with van der Waals surface area (Å²) in [5.74, 6) is 1.21. The Bertz CT molecular complexity index is 1540. The minimum Gasteiger partial charge on any atom is -0.483 e. The number of carbonyl (C=O) groups excluding carboxylic acids is 3. The van der Waals surface area contributed by atoms with Crippen LogP contribution in [0.25, 0.3) is 0 Å². The van der Waals surface area contributed by atoms with E-state index in [1.165, 1.54) is 6.42 Å². The van der Waals surface area contributed by atoms with Crippen molar-refractivity contribution in [3.63, 3.8) is 0 Å². The second kappa shape index (κ2) is 14.5. The van der Waals surface area contributed by atoms with Crippen molar-refractivity contribution in [2.45, 2.75) is 87.9 Å². The maximum Gasteiger partial charge on any atom is 0.254 e. The van der Waals surface area contributed by atoms with Crippen molar-refractivity contribution in [2.75, 3.05) is 26.9 Å². The number of hydrogen-bond donors (Lipinski definition) is 0. The molecule has 6 aliphatic heterocycles. The summed E-state index contributed by atoms with van der Waals surface area (Å²) in [4.78, 5) is 48.0. The van der Waals surface area contributed by atoms with Gasteiger partial charge in [0.2, 0.25) is 11.8 Å². The summed E-state index contributed by atoms with van der Waals surface area (Å²) in [6.45, 7) is 6.73. The molecule has 2 aromatic carbocycles. The number of fused-ring (bicyclic) bond motifs is 1. The maximum absolute atomic E-state index is 13.5. The predicted octanol–water partition coefficient (Wildman–Crippen LogP) is 5.60. The lowest BCUT2D eigenvalue weighted by molar-refractivity contribution is -0.159. The van der Waals surface area contributed by atoms with Crippen molar-refractivity contribution in [1.29, 1.82) is 0 Å². The quantitative estimate of drug-likeness (QED) is 0.228. The number of aldehydes is 1. The molecule has 3 saturated heterocycles. The van der Waals surface area contributed by atoms with Gasteiger partial charge in [-0.05, 0) is 44.9 Å². The van der Waals surface area contributed by atoms with Gasteiger partial charge in [0.1, 0.15) is 23.9 Å². The van der Waals surface area contributed by atoms with Crippen LogP contribution in [0.4, 0.5) is 0 Å². The Morgan fingerprint density at radius 3 is 2.38 bits per heavy atom. The van der Waals surface area contributed by atoms with Gasteiger partial charge in [-0.15, -0.1) is 6.58 Å². The number of methoxy groups -OCH3 is 1. The fourth-order valence-electron chi connectivity index (χ4n) is 8.00. The molecule has 7 aliphatic rings. The van der Waals surface area contributed by atoms with E-state index in [2.05, 4.69) is 11.6 Å². The number of piperidine rings is 1. The van der Waals surface area contributed by atoms with Gasteiger partial charge in [0.25, 0.3) is 5.91 Å². The highest BCUT2D eigenvalue weighted by molar-refractivity contribution is 6.03. The molecule has 2 amide bonds. The van der Waals surface area contributed by atoms with Gasteiger partial charge in [-0.1, -0.05) is 79.6 Å². The third kappa shape index (κ3) is 6.00. The van der Waals surface area contributed by atoms with Crippen LogP contribution in [0, 0.1) is 5.92 Å². The normalized spacial score (nSPS) is 31.1. The topological polar surface area (TPSA) is 110 Å². The largest absolute Gasteiger partial charge is 0.483 e. The van der Waals surface area contributed by atoms with Crippen molar-refractivity contribution in [3.8, 4) is 0 Å². The zero-order chi connectivity index (χ0) is 33.7. The van der Waals surface area contributed by atoms with Crippen LogP contribution in [0.15, 0.2) is 83.3 Å². The highest BCUT2D eigenvalue weighted by atomic mass is 16.5. The summed E-state index contributed by atoms with van der Waals surface area (Å²) < 4.78 is 17.6. The van der Waals surface area contributed by atoms with Gasteiger partial charge in [0, 0.05) is 23.3 Å². The summed E-state index contributed by atoms with van der Waals surface area (Å²) in [7, 11) is 1.67. The number of unbranched alkanes of at least 4 members (excludes halogenated alkanes) is 2. The Morgan fingerprint density at radius 2 is 1.71 bits per heavy atom. The molecule has 2 aromatic rings. The molecule has 48 heavy (non-hydrogen) atoms. The first-order valence-electron chi connectivity index (χ1n) is 17.1. The first kappa shape index (κ1) is 33.7. The van der Waals surface area contributed by atoms with E-state index in [1.807, 2.05) is 83.5 Å². The summed E-state index contributed by atoms with van der Waals surface area (Å²) in [5.41, 5.74) is 1.90. The number of aliphatic imine (C=N–C) groups is 2. The lowest BCUT2D eigenvalue weighted by atomic mass is 9.61. The number of carbonyl (C=O) groups is 3. The third-order valence-corrected chi connectivity index (χ3v) is 10.4. The van der Waals surface area contributed by atoms with Gasteiger partial charge in [0.15, 0.2) is 12.5 Å². The molecule has 6 atom stereocenters. The molecule has 10 nitrogen and oxygen atoms in total. The molecule has 10 heteroatoms. The molecule has 2 unspecified atom stereocenters. The first-order valence-corrected chi connectivity index (χ1v) is 17.1. The lowest BCUT2D eigenvalue weighted by Gasteiger charge is -2.57. The van der Waals surface area contributed by atoms with Gasteiger partial charge >= 0.3 is 0 Å². The van der Waals surface area contributed by atoms with Crippen molar-refractivity contribution in [1.82, 2.24) is 9.80 Å². The van der Waals surface area contributed by atoms with E-state index in [9.17, 15) is 14.4 Å². The number of allylic oxidation sites excluding steroid dienone is 1. The molecule has 0 radical (unpaired) electrons. The second-order valence-electron chi connectivity index (χ2n) is 13.2. The highest BCUT2D eigenvalue weighted by Crippen LogP contribution is 2.57. The average Bonchev–Trinajstić information content (AvgIpc) is 3.76. The summed E-state index contributed by atoms with van der Waals surface area (Å²) in [5, 5.41) is 0. The van der Waals surface area contributed by atoms with Crippen LogP contribution in [0.5, 0.6) is 0 Å². The molecule has 1 saturated carbocycles. The standard InChI is InChI=1S/C19H22N2O3.C13H14N2O2.C6H10O/c1-23-16-18-11-14-9-5-6-10-19(14,20-16)17(22)21(18)15(24-12-18)13-7-3-2-4-8-13;1-9-11-8-17-13(10-5-3-2-4-6-10)15(11)12(16)7-14-9;1-2-3-4-5-6-7/h2-4,7-8,14-15H,5-6,9-12H2,1H3;2-6,11,13H,7-8H2,1H3;2,6H,1,3-5H2/t14-,15-,18?,19?;11-,13+;/m10./s1. The van der Waals surface area contributed by atoms with Crippen molar-refractivity contribution in [2.24, 2.45) is 15.9 Å². The Kier molecular flexibility index (Phi) is 10.2. The number of ether oxygens (including phenoxy) is 3. The molecule has 2 spiro atoms. The van der Waals surface area contributed by atoms with Crippen molar-refractivity contribution >= 4 is 29.7 Å². The van der Waals surface area contributed by atoms with Crippen LogP contribution in [0.1, 0.15) is 81.9 Å². The molecular weight excluding hydrogens is 608 g/mol. The van der Waals surface area contributed by atoms with Gasteiger partial charge < -0.3 is 23.9 Å². The smallest absolute Gasteiger partial charge is 0.254 e. The molecule has 254 valence electrons. The fraction of sp³-hybridized carbons (Fsp3) is 0.500. The zero-order valence-electron chi connectivity index (χ0n) is 28.0. The van der Waals surface area contributed by atoms with Crippen LogP contribution >= 0.6 is 0 Å². The van der Waals surface area contributed by atoms with Gasteiger partial charge in [-0.25, -0.2) is 4.99 Å². The van der Waals surface area contributed by atoms with E-state index in [4.69, 9.17) is 19.2 Å². The van der Waals surface area contributed by atoms with Gasteiger partial charge in [-0.3, -0.25) is 19.5 Å². The number of amides is 2. The van der Waals surface area contributed by atoms with Crippen molar-refractivity contribution in [3.05, 3.63) is 84.4 Å². The van der Waals surface area contributed by atoms with Gasteiger partial charge in [0.05, 0.1) is 26.4 Å². The highest BCUT2D eigenvalue weighted by Gasteiger charge is 2.70. The third-order valence-electron chi connectivity index (χ3n) is 10.4. The maximum atomic E-state index is 13.5. The van der Waals surface area contributed by atoms with Crippen LogP contribution in [-0.2, 0) is 28.6 Å². The SMILES string of the molecule is C=CCCCC=O.CC1=NCC(=O)N2[C@@H](c3ccccc3)OC[C@@H]12.COC1=NC23CCCC[C@@H]2CC12CO[C@H](c1ccccc1)N2C3=O. The molecular formula is C38H46N4O6. The molecule has 2 bridgehead atoms. The van der Waals surface area contributed by atoms with E-state index >= 15 is 0 Å². The fourth-order valence-corrected chi connectivity index (χ4v) is 8.00. The van der Waals surface area contributed by atoms with Crippen LogP contribution in [0.3, 0.4) is 0 Å². The van der Waals surface area contributed by atoms with E-state index in [0.717, 1.165) is 61.6 Å². The summed E-state index contributed by atoms with van der Waals surface area (Å²) >= 11 is 0. The molecule has 6 heterocycles. The van der Waals surface area contributed by atoms with E-state index in [0.29, 0.717) is 31.5 Å². The molecule has 9 rings (SSSR count). The Morgan fingerprint density at radius 1 is 1.00 bits per heavy atom. The molecule has 0 aromatic heterocycles. The molecule has 1 aliphatic carbocycles. The van der Waals surface area contributed by atoms with Gasteiger partial charge in [-0.2, -0.15) is 0 Å². The monoisotopic (exact) mass is 654 g/mol. The Balaban J connectivity index is 0.000000146. The van der Waals surface area contributed by atoms with E-state index in [-0.39, 0.29) is 36.9 Å². The average molecular weight is 655 g/mol. The van der Waals surface area contributed by atoms with Crippen LogP contribution in [-0.4, -0.2) is 83.5 Å². The number of nitrogens with zero attached hydrogens (tertiary/aromatic N) is 4. The molecule has 4 fully saturated rings. The number of benzene rings is 2. The van der Waals surface area contributed by atoms with E-state index in [1.54, 1.807) is 7.11 Å². The van der Waals surface area contributed by atoms with Crippen LogP contribution in [0.2, 0.25) is 0 Å². The van der Waals surface area contributed by atoms with Crippen molar-refractivity contribution < 1.29 is 28.6 Å². The van der Waals surface area contributed by atoms with E-state index < -0.39 is 11.1 Å². The number of rotatable bonds is 6. The number of hydrogen-bond acceptors (Lipinski definition) is 8.